The predicted molar refractivity (Wildman–Crippen MR) is 110 cm³/mol. The van der Waals surface area contributed by atoms with Crippen LogP contribution in [0.25, 0.3) is 0 Å². The van der Waals surface area contributed by atoms with Crippen LogP contribution in [0.4, 0.5) is 0 Å². The molecule has 3 saturated heterocycles. The van der Waals surface area contributed by atoms with Gasteiger partial charge in [0, 0.05) is 6.92 Å². The van der Waals surface area contributed by atoms with E-state index in [1.165, 1.54) is 13.8 Å². The molecule has 9 N–H and O–H groups in total. The van der Waals surface area contributed by atoms with Crippen LogP contribution in [0, 0.1) is 0 Å². The number of hydrogen-bond donors (Lipinski definition) is 9. The second-order valence-electron chi connectivity index (χ2n) is 9.04. The lowest BCUT2D eigenvalue weighted by atomic mass is 9.95. The highest BCUT2D eigenvalue weighted by molar-refractivity contribution is 5.73. The topological polar surface area (TPSA) is 237 Å². The average molecular weight is 513 g/mol. The Bertz CT molecular complexity index is 715. The second kappa shape index (κ2) is 11.6. The zero-order valence-electron chi connectivity index (χ0n) is 19.4. The van der Waals surface area contributed by atoms with Crippen LogP contribution in [-0.2, 0) is 28.5 Å². The maximum atomic E-state index is 11.6. The van der Waals surface area contributed by atoms with Gasteiger partial charge in [-0.1, -0.05) is 0 Å². The summed E-state index contributed by atoms with van der Waals surface area (Å²) in [5.41, 5.74) is 0. The minimum atomic E-state index is -1.76. The molecule has 15 atom stereocenters. The molecule has 3 fully saturated rings. The summed E-state index contributed by atoms with van der Waals surface area (Å²) in [6.45, 7) is 3.33. The van der Waals surface area contributed by atoms with Crippen molar-refractivity contribution >= 4 is 5.91 Å². The molecule has 15 nitrogen and oxygen atoms in total. The van der Waals surface area contributed by atoms with Crippen LogP contribution in [0.2, 0.25) is 0 Å². The lowest BCUT2D eigenvalue weighted by Crippen LogP contribution is -2.68. The van der Waals surface area contributed by atoms with E-state index in [-0.39, 0.29) is 0 Å². The van der Waals surface area contributed by atoms with Crippen LogP contribution in [0.5, 0.6) is 0 Å². The normalized spacial score (nSPS) is 51.1. The maximum absolute atomic E-state index is 11.6. The molecule has 0 aromatic rings. The van der Waals surface area contributed by atoms with Gasteiger partial charge in [-0.25, -0.2) is 0 Å². The number of aliphatic hydroxyl groups is 8. The van der Waals surface area contributed by atoms with E-state index >= 15 is 0 Å². The summed E-state index contributed by atoms with van der Waals surface area (Å²) in [6, 6.07) is -1.32. The van der Waals surface area contributed by atoms with Crippen molar-refractivity contribution in [3.05, 3.63) is 0 Å². The monoisotopic (exact) mass is 513 g/mol. The van der Waals surface area contributed by atoms with Gasteiger partial charge in [-0.05, 0) is 13.8 Å². The van der Waals surface area contributed by atoms with E-state index < -0.39 is 105 Å². The van der Waals surface area contributed by atoms with Gasteiger partial charge in [0.05, 0.1) is 18.8 Å². The van der Waals surface area contributed by atoms with Crippen molar-refractivity contribution in [3.8, 4) is 0 Å². The molecule has 3 heterocycles. The number of nitrogens with one attached hydrogen (secondary N) is 1. The third kappa shape index (κ3) is 5.93. The molecule has 15 heteroatoms. The largest absolute Gasteiger partial charge is 0.394 e. The summed E-state index contributed by atoms with van der Waals surface area (Å²) >= 11 is 0. The van der Waals surface area contributed by atoms with Gasteiger partial charge in [0.2, 0.25) is 5.91 Å². The van der Waals surface area contributed by atoms with Crippen LogP contribution >= 0.6 is 0 Å². The molecule has 0 aromatic carbocycles. The lowest BCUT2D eigenvalue weighted by Gasteiger charge is -2.48. The molecule has 0 radical (unpaired) electrons. The molecule has 0 saturated carbocycles. The molecule has 0 spiro atoms. The number of aliphatic hydroxyl groups excluding tert-OH is 8. The fraction of sp³-hybridized carbons (Fsp3) is 0.950. The van der Waals surface area contributed by atoms with E-state index in [4.69, 9.17) is 23.7 Å². The quantitative estimate of drug-likeness (QED) is 0.161. The molecule has 0 aromatic heterocycles. The molecular formula is C20H35NO14. The minimum Gasteiger partial charge on any atom is -0.394 e. The molecule has 204 valence electrons. The van der Waals surface area contributed by atoms with Gasteiger partial charge in [0.15, 0.2) is 18.9 Å². The van der Waals surface area contributed by atoms with Crippen LogP contribution in [-0.4, -0.2) is 145 Å². The van der Waals surface area contributed by atoms with Crippen molar-refractivity contribution in [1.82, 2.24) is 5.32 Å². The number of rotatable bonds is 6. The van der Waals surface area contributed by atoms with Gasteiger partial charge in [0.25, 0.3) is 0 Å². The standard InChI is InChI=1S/C20H35NO14/c1-5-10(24)13(27)14(28)19(31-5)35-17-11(25)6(2)32-20(15(17)29)34-16-9(21-7(3)23)18(30)33-8(4-22)12(16)26/h5-6,8-20,22,24-30H,4H2,1-3H3,(H,21,23)/t5-,6-,8+,9+,10-,11-,12+,13+,14+,15+,16+,17+,18?,19-,20-/m0/s1. The van der Waals surface area contributed by atoms with Crippen molar-refractivity contribution < 1.29 is 69.3 Å². The smallest absolute Gasteiger partial charge is 0.217 e. The Hall–Kier alpha value is -1.05. The van der Waals surface area contributed by atoms with Gasteiger partial charge in [-0.3, -0.25) is 4.79 Å². The highest BCUT2D eigenvalue weighted by atomic mass is 16.7. The zero-order chi connectivity index (χ0) is 26.2. The van der Waals surface area contributed by atoms with E-state index in [9.17, 15) is 45.6 Å². The fourth-order valence-corrected chi connectivity index (χ4v) is 4.34. The first-order valence-electron chi connectivity index (χ1n) is 11.3. The summed E-state index contributed by atoms with van der Waals surface area (Å²) in [6.07, 6.45) is -20.5. The Balaban J connectivity index is 1.79. The summed E-state index contributed by atoms with van der Waals surface area (Å²) < 4.78 is 27.3. The van der Waals surface area contributed by atoms with Crippen LogP contribution in [0.15, 0.2) is 0 Å². The number of amides is 1. The van der Waals surface area contributed by atoms with Crippen molar-refractivity contribution in [2.75, 3.05) is 6.61 Å². The molecule has 3 aliphatic rings. The molecule has 0 aliphatic carbocycles. The zero-order valence-corrected chi connectivity index (χ0v) is 19.4. The van der Waals surface area contributed by atoms with Gasteiger partial charge in [0.1, 0.15) is 61.0 Å². The maximum Gasteiger partial charge on any atom is 0.217 e. The van der Waals surface area contributed by atoms with Crippen molar-refractivity contribution in [2.45, 2.75) is 113 Å². The molecule has 3 aliphatic heterocycles. The van der Waals surface area contributed by atoms with E-state index in [2.05, 4.69) is 5.32 Å². The van der Waals surface area contributed by atoms with Crippen LogP contribution in [0.3, 0.4) is 0 Å². The summed E-state index contributed by atoms with van der Waals surface area (Å²) in [4.78, 5) is 11.6. The molecule has 1 amide bonds. The van der Waals surface area contributed by atoms with Gasteiger partial charge in [-0.2, -0.15) is 0 Å². The highest BCUT2D eigenvalue weighted by Crippen LogP contribution is 2.32. The van der Waals surface area contributed by atoms with Gasteiger partial charge in [-0.15, -0.1) is 0 Å². The molecule has 0 bridgehead atoms. The number of carbonyl (C=O) groups is 1. The molecular weight excluding hydrogens is 478 g/mol. The fourth-order valence-electron chi connectivity index (χ4n) is 4.34. The Morgan fingerprint density at radius 3 is 1.86 bits per heavy atom. The number of hydrogen-bond acceptors (Lipinski definition) is 14. The SMILES string of the molecule is CC(=O)N[C@H]1C(O)O[C@H](CO)[C@@H](O)[C@@H]1O[C@@H]1O[C@@H](C)[C@H](O)[C@@H](O[C@@H]2O[C@@H](C)[C@H](O)[C@@H](O)[C@H]2O)[C@H]1O. The van der Waals surface area contributed by atoms with E-state index in [1.54, 1.807) is 0 Å². The molecule has 1 unspecified atom stereocenters. The first-order chi connectivity index (χ1) is 16.4. The van der Waals surface area contributed by atoms with Crippen LogP contribution < -0.4 is 5.32 Å². The van der Waals surface area contributed by atoms with E-state index in [1.807, 2.05) is 0 Å². The summed E-state index contributed by atoms with van der Waals surface area (Å²) in [7, 11) is 0. The van der Waals surface area contributed by atoms with Crippen LogP contribution in [0.1, 0.15) is 20.8 Å². The minimum absolute atomic E-state index is 0.589. The predicted octanol–water partition coefficient (Wildman–Crippen LogP) is -5.37. The number of ether oxygens (including phenoxy) is 5. The van der Waals surface area contributed by atoms with Gasteiger partial charge >= 0.3 is 0 Å². The third-order valence-electron chi connectivity index (χ3n) is 6.42. The van der Waals surface area contributed by atoms with Crippen molar-refractivity contribution in [2.24, 2.45) is 0 Å². The molecule has 35 heavy (non-hydrogen) atoms. The third-order valence-corrected chi connectivity index (χ3v) is 6.42. The Kier molecular flexibility index (Phi) is 9.42. The highest BCUT2D eigenvalue weighted by Gasteiger charge is 2.53. The lowest BCUT2D eigenvalue weighted by molar-refractivity contribution is -0.368. The Morgan fingerprint density at radius 2 is 1.29 bits per heavy atom. The summed E-state index contributed by atoms with van der Waals surface area (Å²) in [5.74, 6) is -0.589. The van der Waals surface area contributed by atoms with Crippen molar-refractivity contribution in [3.63, 3.8) is 0 Å². The number of carbonyl (C=O) groups excluding carboxylic acids is 1. The van der Waals surface area contributed by atoms with E-state index in [0.29, 0.717) is 0 Å². The average Bonchev–Trinajstić information content (AvgIpc) is 2.80. The van der Waals surface area contributed by atoms with E-state index in [0.717, 1.165) is 6.92 Å². The Morgan fingerprint density at radius 1 is 0.743 bits per heavy atom. The summed E-state index contributed by atoms with van der Waals surface area (Å²) in [5, 5.41) is 84.3. The van der Waals surface area contributed by atoms with Gasteiger partial charge < -0.3 is 69.9 Å². The second-order valence-corrected chi connectivity index (χ2v) is 9.04. The Labute approximate surface area is 200 Å². The first kappa shape index (κ1) is 28.5. The van der Waals surface area contributed by atoms with Crippen molar-refractivity contribution in [1.29, 1.82) is 0 Å². The molecule has 3 rings (SSSR count). The first-order valence-corrected chi connectivity index (χ1v) is 11.3.